The average molecular weight is 425 g/mol. The van der Waals surface area contributed by atoms with E-state index in [2.05, 4.69) is 0 Å². The number of anilines is 2. The number of hydrogen-bond acceptors (Lipinski definition) is 3. The molecule has 2 aliphatic heterocycles. The van der Waals surface area contributed by atoms with E-state index in [0.29, 0.717) is 25.4 Å². The second kappa shape index (κ2) is 8.03. The van der Waals surface area contributed by atoms with Gasteiger partial charge < -0.3 is 9.84 Å². The van der Waals surface area contributed by atoms with Crippen molar-refractivity contribution in [2.24, 2.45) is 0 Å². The summed E-state index contributed by atoms with van der Waals surface area (Å²) >= 11 is 0. The molecule has 2 aromatic carbocycles. The summed E-state index contributed by atoms with van der Waals surface area (Å²) in [5.41, 5.74) is 1.46. The van der Waals surface area contributed by atoms with E-state index in [-0.39, 0.29) is 17.9 Å². The second-order valence-electron chi connectivity index (χ2n) is 7.99. The number of nitrogens with zero attached hydrogens (tertiary/aromatic N) is 3. The third kappa shape index (κ3) is 4.11. The molecular weight excluding hydrogens is 401 g/mol. The molecule has 162 valence electrons. The Bertz CT molecular complexity index is 1000. The zero-order valence-corrected chi connectivity index (χ0v) is 17.4. The quantitative estimate of drug-likeness (QED) is 0.788. The van der Waals surface area contributed by atoms with Gasteiger partial charge in [0.25, 0.3) is 0 Å². The minimum atomic E-state index is -1.02. The Labute approximate surface area is 179 Å². The lowest BCUT2D eigenvalue weighted by Gasteiger charge is -2.29. The van der Waals surface area contributed by atoms with Gasteiger partial charge in [0.05, 0.1) is 12.6 Å². The van der Waals surface area contributed by atoms with Crippen LogP contribution in [0.15, 0.2) is 54.6 Å². The third-order valence-corrected chi connectivity index (χ3v) is 5.59. The van der Waals surface area contributed by atoms with Crippen LogP contribution in [0.1, 0.15) is 19.4 Å². The Kier molecular flexibility index (Phi) is 5.41. The SMILES string of the molecule is CC1(C)OC[C@H](C=Cc2ccc(N3CCN(c4ccc(F)cc4)C3=O)cc2)N1C(=O)O. The summed E-state index contributed by atoms with van der Waals surface area (Å²) in [4.78, 5) is 29.0. The molecule has 4 rings (SSSR count). The molecule has 3 amide bonds. The maximum Gasteiger partial charge on any atom is 0.410 e. The number of carboxylic acid groups (broad SMARTS) is 1. The normalized spacial score (nSPS) is 20.8. The van der Waals surface area contributed by atoms with Gasteiger partial charge >= 0.3 is 12.1 Å². The largest absolute Gasteiger partial charge is 0.465 e. The van der Waals surface area contributed by atoms with Crippen molar-refractivity contribution in [2.45, 2.75) is 25.6 Å². The topological polar surface area (TPSA) is 73.3 Å². The van der Waals surface area contributed by atoms with Crippen LogP contribution in [-0.4, -0.2) is 53.6 Å². The molecule has 0 saturated carbocycles. The number of ether oxygens (including phenoxy) is 1. The van der Waals surface area contributed by atoms with E-state index >= 15 is 0 Å². The predicted octanol–water partition coefficient (Wildman–Crippen LogP) is 4.40. The van der Waals surface area contributed by atoms with Crippen molar-refractivity contribution < 1.29 is 23.8 Å². The molecule has 8 heteroatoms. The highest BCUT2D eigenvalue weighted by Crippen LogP contribution is 2.29. The molecule has 2 saturated heterocycles. The molecule has 0 aliphatic carbocycles. The van der Waals surface area contributed by atoms with Gasteiger partial charge in [0.1, 0.15) is 11.5 Å². The van der Waals surface area contributed by atoms with Crippen LogP contribution in [0.4, 0.5) is 25.4 Å². The Morgan fingerprint density at radius 2 is 1.61 bits per heavy atom. The van der Waals surface area contributed by atoms with Crippen LogP contribution in [0.3, 0.4) is 0 Å². The average Bonchev–Trinajstić information content (AvgIpc) is 3.26. The molecule has 2 fully saturated rings. The predicted molar refractivity (Wildman–Crippen MR) is 116 cm³/mol. The third-order valence-electron chi connectivity index (χ3n) is 5.59. The zero-order valence-electron chi connectivity index (χ0n) is 17.4. The van der Waals surface area contributed by atoms with Gasteiger partial charge in [-0.1, -0.05) is 24.3 Å². The van der Waals surface area contributed by atoms with Crippen molar-refractivity contribution in [1.82, 2.24) is 4.90 Å². The van der Waals surface area contributed by atoms with E-state index in [9.17, 15) is 19.1 Å². The van der Waals surface area contributed by atoms with E-state index in [1.807, 2.05) is 36.4 Å². The summed E-state index contributed by atoms with van der Waals surface area (Å²) < 4.78 is 18.7. The van der Waals surface area contributed by atoms with Crippen LogP contribution in [0.5, 0.6) is 0 Å². The molecule has 2 aliphatic rings. The van der Waals surface area contributed by atoms with Crippen LogP contribution in [0.2, 0.25) is 0 Å². The highest BCUT2D eigenvalue weighted by molar-refractivity contribution is 6.06. The Morgan fingerprint density at radius 3 is 2.16 bits per heavy atom. The molecule has 0 bridgehead atoms. The first-order valence-electron chi connectivity index (χ1n) is 10.1. The number of urea groups is 1. The number of amides is 3. The molecule has 2 heterocycles. The highest BCUT2D eigenvalue weighted by atomic mass is 19.1. The maximum absolute atomic E-state index is 13.2. The molecule has 1 N–H and O–H groups in total. The van der Waals surface area contributed by atoms with Crippen LogP contribution < -0.4 is 9.80 Å². The van der Waals surface area contributed by atoms with Gasteiger partial charge in [-0.15, -0.1) is 0 Å². The van der Waals surface area contributed by atoms with E-state index in [1.54, 1.807) is 35.8 Å². The highest BCUT2D eigenvalue weighted by Gasteiger charge is 2.42. The van der Waals surface area contributed by atoms with Gasteiger partial charge in [0, 0.05) is 24.5 Å². The minimum Gasteiger partial charge on any atom is -0.465 e. The summed E-state index contributed by atoms with van der Waals surface area (Å²) in [5, 5.41) is 9.47. The first kappa shape index (κ1) is 20.9. The molecule has 1 atom stereocenters. The monoisotopic (exact) mass is 425 g/mol. The number of hydrogen-bond donors (Lipinski definition) is 1. The number of benzene rings is 2. The lowest BCUT2D eigenvalue weighted by molar-refractivity contribution is -0.0409. The van der Waals surface area contributed by atoms with E-state index in [4.69, 9.17) is 4.74 Å². The number of rotatable bonds is 4. The van der Waals surface area contributed by atoms with E-state index in [1.165, 1.54) is 17.0 Å². The van der Waals surface area contributed by atoms with Gasteiger partial charge in [-0.2, -0.15) is 0 Å². The zero-order chi connectivity index (χ0) is 22.2. The van der Waals surface area contributed by atoms with Gasteiger partial charge in [0.15, 0.2) is 0 Å². The molecule has 0 aromatic heterocycles. The summed E-state index contributed by atoms with van der Waals surface area (Å²) in [6, 6.07) is 12.8. The number of carbonyl (C=O) groups is 2. The molecule has 31 heavy (non-hydrogen) atoms. The summed E-state index contributed by atoms with van der Waals surface area (Å²) in [7, 11) is 0. The fourth-order valence-corrected chi connectivity index (χ4v) is 3.97. The van der Waals surface area contributed by atoms with Crippen LogP contribution in [0, 0.1) is 5.82 Å². The Morgan fingerprint density at radius 1 is 1.06 bits per heavy atom. The fraction of sp³-hybridized carbons (Fsp3) is 0.304. The Hall–Kier alpha value is -3.39. The first-order valence-corrected chi connectivity index (χ1v) is 10.1. The van der Waals surface area contributed by atoms with Crippen molar-refractivity contribution >= 4 is 29.6 Å². The van der Waals surface area contributed by atoms with Gasteiger partial charge in [-0.05, 0) is 55.8 Å². The van der Waals surface area contributed by atoms with Crippen LogP contribution in [-0.2, 0) is 4.74 Å². The van der Waals surface area contributed by atoms with Crippen molar-refractivity contribution in [3.63, 3.8) is 0 Å². The number of halogens is 1. The molecular formula is C23H24FN3O4. The molecule has 2 aromatic rings. The standard InChI is InChI=1S/C23H24FN3O4/c1-23(2)27(22(29)30)20(15-31-23)10-5-16-3-8-18(9-4-16)25-13-14-26(21(25)28)19-11-6-17(24)7-12-19/h3-12,20H,13-15H2,1-2H3,(H,29,30)/t20-/m0/s1. The smallest absolute Gasteiger partial charge is 0.410 e. The molecule has 0 unspecified atom stereocenters. The summed E-state index contributed by atoms with van der Waals surface area (Å²) in [6.07, 6.45) is 2.65. The fourth-order valence-electron chi connectivity index (χ4n) is 3.97. The van der Waals surface area contributed by atoms with Gasteiger partial charge in [-0.3, -0.25) is 14.7 Å². The summed E-state index contributed by atoms with van der Waals surface area (Å²) in [5.74, 6) is -0.338. The lowest BCUT2D eigenvalue weighted by Crippen LogP contribution is -2.46. The second-order valence-corrected chi connectivity index (χ2v) is 7.99. The number of carbonyl (C=O) groups excluding carboxylic acids is 1. The van der Waals surface area contributed by atoms with Crippen LogP contribution in [0.25, 0.3) is 6.08 Å². The van der Waals surface area contributed by atoms with Crippen molar-refractivity contribution in [3.05, 3.63) is 66.0 Å². The minimum absolute atomic E-state index is 0.155. The first-order chi connectivity index (χ1) is 14.8. The summed E-state index contributed by atoms with van der Waals surface area (Å²) in [6.45, 7) is 4.82. The van der Waals surface area contributed by atoms with Crippen molar-refractivity contribution in [2.75, 3.05) is 29.5 Å². The lowest BCUT2D eigenvalue weighted by atomic mass is 10.1. The Balaban J connectivity index is 1.44. The van der Waals surface area contributed by atoms with Crippen molar-refractivity contribution in [1.29, 1.82) is 0 Å². The van der Waals surface area contributed by atoms with E-state index < -0.39 is 11.8 Å². The van der Waals surface area contributed by atoms with Gasteiger partial charge in [0.2, 0.25) is 0 Å². The van der Waals surface area contributed by atoms with Crippen molar-refractivity contribution in [3.8, 4) is 0 Å². The van der Waals surface area contributed by atoms with Crippen LogP contribution >= 0.6 is 0 Å². The molecule has 0 radical (unpaired) electrons. The van der Waals surface area contributed by atoms with Gasteiger partial charge in [-0.25, -0.2) is 14.0 Å². The molecule has 7 nitrogen and oxygen atoms in total. The molecule has 0 spiro atoms. The maximum atomic E-state index is 13.2. The van der Waals surface area contributed by atoms with E-state index in [0.717, 1.165) is 11.3 Å².